The molecule has 1 fully saturated rings. The molecule has 8 nitrogen and oxygen atoms in total. The maximum absolute atomic E-state index is 13.3. The van der Waals surface area contributed by atoms with Crippen molar-refractivity contribution >= 4 is 29.4 Å². The van der Waals surface area contributed by atoms with Gasteiger partial charge in [-0.25, -0.2) is 20.2 Å². The number of para-hydroxylation sites is 1. The molecule has 1 atom stereocenters. The number of thioether (sulfide) groups is 1. The van der Waals surface area contributed by atoms with E-state index in [9.17, 15) is 14.8 Å². The van der Waals surface area contributed by atoms with E-state index >= 15 is 0 Å². The van der Waals surface area contributed by atoms with Crippen LogP contribution in [0, 0.1) is 5.21 Å². The van der Waals surface area contributed by atoms with E-state index in [1.807, 2.05) is 13.0 Å². The van der Waals surface area contributed by atoms with Crippen LogP contribution in [-0.2, 0) is 4.79 Å². The number of imidazole rings is 1. The molecule has 1 aliphatic heterocycles. The molecule has 0 spiro atoms. The average Bonchev–Trinajstić information content (AvgIpc) is 3.22. The van der Waals surface area contributed by atoms with E-state index in [-0.39, 0.29) is 0 Å². The van der Waals surface area contributed by atoms with Gasteiger partial charge in [0.05, 0.1) is 18.8 Å². The monoisotopic (exact) mass is 389 g/mol. The van der Waals surface area contributed by atoms with Gasteiger partial charge in [0.15, 0.2) is 6.04 Å². The summed E-state index contributed by atoms with van der Waals surface area (Å²) in [7, 11) is 0. The number of aromatic nitrogens is 2. The van der Waals surface area contributed by atoms with Gasteiger partial charge in [0.1, 0.15) is 6.33 Å². The zero-order valence-corrected chi connectivity index (χ0v) is 16.0. The first-order valence-electron chi connectivity index (χ1n) is 8.88. The van der Waals surface area contributed by atoms with Crippen LogP contribution in [0.2, 0.25) is 0 Å². The number of amides is 2. The number of carbonyl (C=O) groups is 2. The molecule has 0 saturated carbocycles. The maximum Gasteiger partial charge on any atom is 0.345 e. The molecule has 0 bridgehead atoms. The summed E-state index contributed by atoms with van der Waals surface area (Å²) in [5.41, 5.74) is 3.13. The van der Waals surface area contributed by atoms with Crippen molar-refractivity contribution < 1.29 is 14.2 Å². The second-order valence-corrected chi connectivity index (χ2v) is 7.56. The van der Waals surface area contributed by atoms with E-state index in [4.69, 9.17) is 0 Å². The average molecular weight is 389 g/mol. The Bertz CT molecular complexity index is 763. The van der Waals surface area contributed by atoms with E-state index in [0.29, 0.717) is 25.2 Å². The van der Waals surface area contributed by atoms with Crippen molar-refractivity contribution in [1.29, 1.82) is 0 Å². The number of hydrogen-bond acceptors (Lipinski definition) is 5. The molecule has 1 saturated heterocycles. The Balaban J connectivity index is 1.89. The molecule has 2 aromatic rings. The molecule has 0 aliphatic carbocycles. The number of carbonyl (C=O) groups excluding carboxylic acids is 2. The van der Waals surface area contributed by atoms with E-state index < -0.39 is 22.6 Å². The molecular formula is C18H23N5O3S. The van der Waals surface area contributed by atoms with Crippen LogP contribution in [0.25, 0.3) is 0 Å². The van der Waals surface area contributed by atoms with E-state index in [2.05, 4.69) is 10.4 Å². The van der Waals surface area contributed by atoms with Gasteiger partial charge in [-0.15, -0.1) is 0 Å². The summed E-state index contributed by atoms with van der Waals surface area (Å²) >= 11 is 1.73. The minimum atomic E-state index is -0.769. The van der Waals surface area contributed by atoms with Gasteiger partial charge in [-0.1, -0.05) is 25.1 Å². The Morgan fingerprint density at radius 3 is 2.63 bits per heavy atom. The Morgan fingerprint density at radius 1 is 1.33 bits per heavy atom. The smallest absolute Gasteiger partial charge is 0.345 e. The number of nitrogens with one attached hydrogen (secondary N) is 1. The van der Waals surface area contributed by atoms with Crippen molar-refractivity contribution in [2.75, 3.05) is 29.6 Å². The van der Waals surface area contributed by atoms with Crippen LogP contribution in [0.1, 0.15) is 13.3 Å². The number of hydroxylamine groups is 3. The number of quaternary nitrogens is 1. The van der Waals surface area contributed by atoms with Crippen molar-refractivity contribution in [3.8, 4) is 0 Å². The van der Waals surface area contributed by atoms with Crippen LogP contribution >= 0.6 is 11.8 Å². The van der Waals surface area contributed by atoms with E-state index in [1.54, 1.807) is 36.0 Å². The molecule has 1 aromatic carbocycles. The lowest BCUT2D eigenvalue weighted by atomic mass is 10.1. The van der Waals surface area contributed by atoms with Gasteiger partial charge in [0.25, 0.3) is 0 Å². The molecule has 3 rings (SSSR count). The summed E-state index contributed by atoms with van der Waals surface area (Å²) in [6.07, 6.45) is 4.72. The quantitative estimate of drug-likeness (QED) is 0.492. The van der Waals surface area contributed by atoms with Gasteiger partial charge in [0.2, 0.25) is 0 Å². The first-order valence-corrected chi connectivity index (χ1v) is 10.0. The second kappa shape index (κ2) is 8.55. The fourth-order valence-corrected chi connectivity index (χ4v) is 4.26. The molecule has 0 radical (unpaired) electrons. The van der Waals surface area contributed by atoms with Gasteiger partial charge in [-0.2, -0.15) is 11.8 Å². The van der Waals surface area contributed by atoms with Crippen LogP contribution in [0.4, 0.5) is 10.5 Å². The number of hydrazine groups is 1. The molecule has 1 aromatic heterocycles. The summed E-state index contributed by atoms with van der Waals surface area (Å²) in [6, 6.07) is 7.53. The summed E-state index contributed by atoms with van der Waals surface area (Å²) < 4.78 is 0.690. The topological polar surface area (TPSA) is 90.3 Å². The Morgan fingerprint density at radius 2 is 2.04 bits per heavy atom. The first-order chi connectivity index (χ1) is 13.0. The van der Waals surface area contributed by atoms with Crippen LogP contribution in [0.5, 0.6) is 0 Å². The highest BCUT2D eigenvalue weighted by Crippen LogP contribution is 2.25. The molecule has 1 aliphatic rings. The van der Waals surface area contributed by atoms with Gasteiger partial charge >= 0.3 is 11.9 Å². The third-order valence-corrected chi connectivity index (χ3v) is 5.59. The summed E-state index contributed by atoms with van der Waals surface area (Å²) in [6.45, 7) is 2.63. The second-order valence-electron chi connectivity index (χ2n) is 6.33. The standard InChI is InChI=1S/C18H23N5O3S/c1-2-16(23(26)10-12-27-13-11-23)17(24)22(15-6-4-3-5-7-15)20-18(25)21-9-8-19-14-21/h3-9,14,16H,2,10-13H2,1H3,(H,20,25). The third-order valence-electron chi connectivity index (χ3n) is 4.65. The fourth-order valence-electron chi connectivity index (χ4n) is 3.18. The van der Waals surface area contributed by atoms with Gasteiger partial charge < -0.3 is 9.85 Å². The number of rotatable bonds is 4. The lowest BCUT2D eigenvalue weighted by Crippen LogP contribution is -2.63. The number of nitrogens with zero attached hydrogens (tertiary/aromatic N) is 4. The number of anilines is 1. The van der Waals surface area contributed by atoms with Gasteiger partial charge in [-0.05, 0) is 12.1 Å². The van der Waals surface area contributed by atoms with Gasteiger partial charge in [-0.3, -0.25) is 9.36 Å². The Hall–Kier alpha value is -2.36. The zero-order valence-electron chi connectivity index (χ0n) is 15.2. The lowest BCUT2D eigenvalue weighted by Gasteiger charge is -2.50. The van der Waals surface area contributed by atoms with Crippen molar-refractivity contribution in [3.05, 3.63) is 54.3 Å². The van der Waals surface area contributed by atoms with Crippen LogP contribution < -0.4 is 10.4 Å². The van der Waals surface area contributed by atoms with Crippen molar-refractivity contribution in [2.24, 2.45) is 0 Å². The molecule has 2 amide bonds. The highest BCUT2D eigenvalue weighted by molar-refractivity contribution is 7.99. The van der Waals surface area contributed by atoms with Crippen molar-refractivity contribution in [2.45, 2.75) is 19.4 Å². The lowest BCUT2D eigenvalue weighted by molar-refractivity contribution is -0.892. The van der Waals surface area contributed by atoms with Crippen molar-refractivity contribution in [1.82, 2.24) is 15.0 Å². The molecule has 1 unspecified atom stereocenters. The molecule has 144 valence electrons. The minimum Gasteiger partial charge on any atom is -0.632 e. The molecular weight excluding hydrogens is 366 g/mol. The minimum absolute atomic E-state index is 0.396. The summed E-state index contributed by atoms with van der Waals surface area (Å²) in [5.74, 6) is 1.07. The van der Waals surface area contributed by atoms with Crippen molar-refractivity contribution in [3.63, 3.8) is 0 Å². The summed E-state index contributed by atoms with van der Waals surface area (Å²) in [5, 5.41) is 14.5. The fraction of sp³-hybridized carbons (Fsp3) is 0.389. The van der Waals surface area contributed by atoms with Gasteiger partial charge in [0, 0.05) is 30.3 Å². The van der Waals surface area contributed by atoms with Crippen LogP contribution in [0.15, 0.2) is 49.1 Å². The highest BCUT2D eigenvalue weighted by Gasteiger charge is 2.39. The predicted molar refractivity (Wildman–Crippen MR) is 105 cm³/mol. The summed E-state index contributed by atoms with van der Waals surface area (Å²) in [4.78, 5) is 29.7. The maximum atomic E-state index is 13.3. The largest absolute Gasteiger partial charge is 0.632 e. The number of hydrogen-bond donors (Lipinski definition) is 1. The van der Waals surface area contributed by atoms with E-state index in [1.165, 1.54) is 28.3 Å². The molecule has 2 heterocycles. The Kier molecular flexibility index (Phi) is 6.15. The third kappa shape index (κ3) is 4.32. The normalized spacial score (nSPS) is 17.1. The molecule has 27 heavy (non-hydrogen) atoms. The Labute approximate surface area is 162 Å². The SMILES string of the molecule is CCC(C(=O)N(NC(=O)n1ccnc1)c1ccccc1)[N+]1([O-])CCSCC1. The van der Waals surface area contributed by atoms with Crippen LogP contribution in [0.3, 0.4) is 0 Å². The number of benzene rings is 1. The molecule has 9 heteroatoms. The van der Waals surface area contributed by atoms with Crippen LogP contribution in [-0.4, -0.2) is 56.8 Å². The first kappa shape index (κ1) is 19.4. The molecule has 1 N–H and O–H groups in total. The highest BCUT2D eigenvalue weighted by atomic mass is 32.2. The zero-order chi connectivity index (χ0) is 19.3. The van der Waals surface area contributed by atoms with E-state index in [0.717, 1.165) is 11.5 Å². The predicted octanol–water partition coefficient (Wildman–Crippen LogP) is 2.23.